The van der Waals surface area contributed by atoms with E-state index in [2.05, 4.69) is 15.6 Å². The number of guanidine groups is 1. The van der Waals surface area contributed by atoms with Gasteiger partial charge >= 0.3 is 6.09 Å². The molecule has 0 fully saturated rings. The summed E-state index contributed by atoms with van der Waals surface area (Å²) in [4.78, 5) is 16.3. The van der Waals surface area contributed by atoms with Crippen LogP contribution in [0.2, 0.25) is 0 Å². The zero-order chi connectivity index (χ0) is 21.3. The number of nitrogens with one attached hydrogen (secondary N) is 2. The molecule has 0 aromatic heterocycles. The standard InChI is InChI=1S/C20H34N4O4.HI/c1-13(2)15(24-19(25)28-20(3,4)5)12-23-18(21)22-11-14-8-9-16(26-6)17(10-14)27-7;/h8-10,13,15H,11-12H2,1-7H3,(H,24,25)(H3,21,22,23);1H. The van der Waals surface area contributed by atoms with Crippen molar-refractivity contribution in [3.8, 4) is 11.5 Å². The van der Waals surface area contributed by atoms with E-state index in [9.17, 15) is 4.79 Å². The van der Waals surface area contributed by atoms with Crippen molar-refractivity contribution in [2.24, 2.45) is 16.6 Å². The third-order valence-corrected chi connectivity index (χ3v) is 3.89. The van der Waals surface area contributed by atoms with Crippen molar-refractivity contribution >= 4 is 36.0 Å². The van der Waals surface area contributed by atoms with Crippen LogP contribution in [0.4, 0.5) is 4.79 Å². The van der Waals surface area contributed by atoms with E-state index in [-0.39, 0.29) is 35.9 Å². The van der Waals surface area contributed by atoms with Gasteiger partial charge in [-0.1, -0.05) is 19.9 Å². The Kier molecular flexibility index (Phi) is 11.8. The molecule has 1 rings (SSSR count). The normalized spacial score (nSPS) is 12.6. The third kappa shape index (κ3) is 10.4. The van der Waals surface area contributed by atoms with Crippen molar-refractivity contribution in [2.75, 3.05) is 20.8 Å². The number of halogens is 1. The smallest absolute Gasteiger partial charge is 0.407 e. The molecule has 1 atom stereocenters. The second kappa shape index (κ2) is 12.6. The molecule has 29 heavy (non-hydrogen) atoms. The van der Waals surface area contributed by atoms with Gasteiger partial charge in [0.25, 0.3) is 0 Å². The molecule has 9 heteroatoms. The Morgan fingerprint density at radius 2 is 1.79 bits per heavy atom. The van der Waals surface area contributed by atoms with E-state index >= 15 is 0 Å². The fourth-order valence-corrected chi connectivity index (χ4v) is 2.34. The zero-order valence-corrected chi connectivity index (χ0v) is 20.7. The molecule has 8 nitrogen and oxygen atoms in total. The highest BCUT2D eigenvalue weighted by Gasteiger charge is 2.21. The summed E-state index contributed by atoms with van der Waals surface area (Å²) in [6.07, 6.45) is -0.450. The number of carbonyl (C=O) groups excluding carboxylic acids is 1. The maximum atomic E-state index is 12.0. The first kappa shape index (κ1) is 27.1. The maximum Gasteiger partial charge on any atom is 0.407 e. The molecule has 0 aliphatic carbocycles. The van der Waals surface area contributed by atoms with Crippen LogP contribution < -0.4 is 25.8 Å². The Bertz CT molecular complexity index is 675. The van der Waals surface area contributed by atoms with Crippen LogP contribution in [0.3, 0.4) is 0 Å². The Morgan fingerprint density at radius 3 is 2.31 bits per heavy atom. The predicted molar refractivity (Wildman–Crippen MR) is 126 cm³/mol. The monoisotopic (exact) mass is 522 g/mol. The molecule has 0 aliphatic rings. The quantitative estimate of drug-likeness (QED) is 0.275. The van der Waals surface area contributed by atoms with E-state index < -0.39 is 11.7 Å². The van der Waals surface area contributed by atoms with Gasteiger partial charge in [0.05, 0.1) is 26.8 Å². The average Bonchev–Trinajstić information content (AvgIpc) is 2.61. The summed E-state index contributed by atoms with van der Waals surface area (Å²) in [6, 6.07) is 5.44. The van der Waals surface area contributed by atoms with Crippen molar-refractivity contribution in [2.45, 2.75) is 52.8 Å². The van der Waals surface area contributed by atoms with Crippen LogP contribution in [0.1, 0.15) is 40.2 Å². The van der Waals surface area contributed by atoms with Crippen molar-refractivity contribution in [3.05, 3.63) is 23.8 Å². The lowest BCUT2D eigenvalue weighted by atomic mass is 10.0. The van der Waals surface area contributed by atoms with Gasteiger partial charge in [0.2, 0.25) is 0 Å². The van der Waals surface area contributed by atoms with Crippen LogP contribution in [0.15, 0.2) is 23.2 Å². The van der Waals surface area contributed by atoms with Crippen LogP contribution in [0.25, 0.3) is 0 Å². The molecule has 0 saturated heterocycles. The van der Waals surface area contributed by atoms with E-state index in [0.29, 0.717) is 30.5 Å². The number of amides is 1. The summed E-state index contributed by atoms with van der Waals surface area (Å²) >= 11 is 0. The number of rotatable bonds is 8. The molecule has 1 unspecified atom stereocenters. The molecule has 0 heterocycles. The SMILES string of the molecule is COc1ccc(CN=C(N)NCC(NC(=O)OC(C)(C)C)C(C)C)cc1OC.I. The molecule has 0 saturated carbocycles. The zero-order valence-electron chi connectivity index (χ0n) is 18.4. The van der Waals surface area contributed by atoms with Crippen molar-refractivity contribution < 1.29 is 19.0 Å². The molecule has 1 aromatic rings. The number of carbonyl (C=O) groups is 1. The molecular weight excluding hydrogens is 487 g/mol. The number of ether oxygens (including phenoxy) is 3. The highest BCUT2D eigenvalue weighted by Crippen LogP contribution is 2.27. The second-order valence-corrected chi connectivity index (χ2v) is 7.77. The highest BCUT2D eigenvalue weighted by atomic mass is 127. The minimum atomic E-state index is -0.543. The van der Waals surface area contributed by atoms with Crippen molar-refractivity contribution in [1.29, 1.82) is 0 Å². The van der Waals surface area contributed by atoms with Gasteiger partial charge in [-0.2, -0.15) is 0 Å². The van der Waals surface area contributed by atoms with Gasteiger partial charge in [-0.3, -0.25) is 0 Å². The molecule has 1 amide bonds. The summed E-state index contributed by atoms with van der Waals surface area (Å²) in [5.41, 5.74) is 6.36. The number of nitrogens with zero attached hydrogens (tertiary/aromatic N) is 1. The number of alkyl carbamates (subject to hydrolysis) is 1. The Labute approximate surface area is 191 Å². The van der Waals surface area contributed by atoms with Gasteiger partial charge in [-0.25, -0.2) is 9.79 Å². The fraction of sp³-hybridized carbons (Fsp3) is 0.600. The first-order valence-electron chi connectivity index (χ1n) is 9.30. The summed E-state index contributed by atoms with van der Waals surface area (Å²) in [5.74, 6) is 1.79. The molecule has 4 N–H and O–H groups in total. The van der Waals surface area contributed by atoms with Crippen molar-refractivity contribution in [3.63, 3.8) is 0 Å². The van der Waals surface area contributed by atoms with Crippen LogP contribution in [0, 0.1) is 5.92 Å². The lowest BCUT2D eigenvalue weighted by Gasteiger charge is -2.26. The topological polar surface area (TPSA) is 107 Å². The largest absolute Gasteiger partial charge is 0.493 e. The van der Waals surface area contributed by atoms with Gasteiger partial charge in [-0.15, -0.1) is 24.0 Å². The minimum Gasteiger partial charge on any atom is -0.493 e. The molecule has 0 radical (unpaired) electrons. The van der Waals surface area contributed by atoms with Crippen LogP contribution >= 0.6 is 24.0 Å². The van der Waals surface area contributed by atoms with Crippen LogP contribution in [-0.4, -0.2) is 44.5 Å². The lowest BCUT2D eigenvalue weighted by Crippen LogP contribution is -2.49. The van der Waals surface area contributed by atoms with Crippen LogP contribution in [0.5, 0.6) is 11.5 Å². The van der Waals surface area contributed by atoms with E-state index in [4.69, 9.17) is 19.9 Å². The van der Waals surface area contributed by atoms with Gasteiger partial charge in [0.15, 0.2) is 17.5 Å². The third-order valence-electron chi connectivity index (χ3n) is 3.89. The summed E-state index contributed by atoms with van der Waals surface area (Å²) in [7, 11) is 3.18. The summed E-state index contributed by atoms with van der Waals surface area (Å²) < 4.78 is 15.8. The predicted octanol–water partition coefficient (Wildman–Crippen LogP) is 3.28. The van der Waals surface area contributed by atoms with E-state index in [1.165, 1.54) is 0 Å². The minimum absolute atomic E-state index is 0. The number of methoxy groups -OCH3 is 2. The van der Waals surface area contributed by atoms with E-state index in [0.717, 1.165) is 5.56 Å². The van der Waals surface area contributed by atoms with E-state index in [1.807, 2.05) is 52.8 Å². The summed E-state index contributed by atoms with van der Waals surface area (Å²) in [5, 5.41) is 5.92. The van der Waals surface area contributed by atoms with Gasteiger partial charge < -0.3 is 30.6 Å². The highest BCUT2D eigenvalue weighted by molar-refractivity contribution is 14.0. The molecule has 166 valence electrons. The van der Waals surface area contributed by atoms with Gasteiger partial charge in [0, 0.05) is 6.54 Å². The molecule has 0 spiro atoms. The first-order chi connectivity index (χ1) is 13.1. The number of hydrogen-bond donors (Lipinski definition) is 3. The van der Waals surface area contributed by atoms with Gasteiger partial charge in [-0.05, 0) is 44.4 Å². The number of benzene rings is 1. The molecular formula is C20H35IN4O4. The number of hydrogen-bond acceptors (Lipinski definition) is 5. The fourth-order valence-electron chi connectivity index (χ4n) is 2.34. The number of nitrogens with two attached hydrogens (primary N) is 1. The van der Waals surface area contributed by atoms with Gasteiger partial charge in [0.1, 0.15) is 5.60 Å². The first-order valence-corrected chi connectivity index (χ1v) is 9.30. The Hall–Kier alpha value is -1.91. The van der Waals surface area contributed by atoms with Crippen LogP contribution in [-0.2, 0) is 11.3 Å². The second-order valence-electron chi connectivity index (χ2n) is 7.77. The Morgan fingerprint density at radius 1 is 1.17 bits per heavy atom. The van der Waals surface area contributed by atoms with E-state index in [1.54, 1.807) is 14.2 Å². The maximum absolute atomic E-state index is 12.0. The summed E-state index contributed by atoms with van der Waals surface area (Å²) in [6.45, 7) is 10.3. The molecule has 0 aliphatic heterocycles. The Balaban J connectivity index is 0.00000784. The molecule has 1 aromatic carbocycles. The van der Waals surface area contributed by atoms with Crippen molar-refractivity contribution in [1.82, 2.24) is 10.6 Å². The number of aliphatic imine (C=N–C) groups is 1. The average molecular weight is 522 g/mol. The molecule has 0 bridgehead atoms. The lowest BCUT2D eigenvalue weighted by molar-refractivity contribution is 0.0491.